The Balaban J connectivity index is 1.28. The molecule has 0 amide bonds. The van der Waals surface area contributed by atoms with Gasteiger partial charge in [-0.05, 0) is 49.1 Å². The molecule has 0 N–H and O–H groups in total. The third-order valence-corrected chi connectivity index (χ3v) is 8.67. The predicted octanol–water partition coefficient (Wildman–Crippen LogP) is 5.07. The molecule has 3 aromatic heterocycles. The minimum Gasteiger partial charge on any atom is -0.353 e. The standard InChI is InChI=1S/C26H24N6S2/c27-16-18-9-10-28-23(15-18)31-11-13-32(14-12-31)25-24-20-7-4-8-21(20)34-26(24)30-22(29-25)17-33-19-5-2-1-3-6-19/h1-3,5-6,9-10,15H,4,7-8,11-14,17H2. The maximum absolute atomic E-state index is 9.23. The van der Waals surface area contributed by atoms with Crippen LogP contribution in [0.2, 0.25) is 0 Å². The van der Waals surface area contributed by atoms with E-state index in [1.165, 1.54) is 33.6 Å². The van der Waals surface area contributed by atoms with E-state index in [0.717, 1.165) is 60.6 Å². The van der Waals surface area contributed by atoms with Crippen molar-refractivity contribution in [3.8, 4) is 6.07 Å². The van der Waals surface area contributed by atoms with Gasteiger partial charge < -0.3 is 9.80 Å². The maximum atomic E-state index is 9.23. The number of thioether (sulfide) groups is 1. The van der Waals surface area contributed by atoms with Crippen molar-refractivity contribution in [2.75, 3.05) is 36.0 Å². The predicted molar refractivity (Wildman–Crippen MR) is 139 cm³/mol. The van der Waals surface area contributed by atoms with Crippen molar-refractivity contribution >= 4 is 45.0 Å². The quantitative estimate of drug-likeness (QED) is 0.367. The third-order valence-electron chi connectivity index (χ3n) is 6.48. The highest BCUT2D eigenvalue weighted by Crippen LogP contribution is 2.41. The molecule has 1 saturated heterocycles. The SMILES string of the molecule is N#Cc1ccnc(N2CCN(c3nc(CSc4ccccc4)nc4sc5c(c34)CCC5)CC2)c1. The van der Waals surface area contributed by atoms with E-state index in [0.29, 0.717) is 5.56 Å². The number of nitriles is 1. The number of rotatable bonds is 5. The molecule has 0 atom stereocenters. The van der Waals surface area contributed by atoms with E-state index in [4.69, 9.17) is 9.97 Å². The van der Waals surface area contributed by atoms with Gasteiger partial charge >= 0.3 is 0 Å². The van der Waals surface area contributed by atoms with Crippen LogP contribution in [-0.2, 0) is 18.6 Å². The van der Waals surface area contributed by atoms with Gasteiger partial charge in [-0.3, -0.25) is 0 Å². The molecular weight excluding hydrogens is 460 g/mol. The van der Waals surface area contributed by atoms with Crippen molar-refractivity contribution in [1.82, 2.24) is 15.0 Å². The fraction of sp³-hybridized carbons (Fsp3) is 0.308. The van der Waals surface area contributed by atoms with Gasteiger partial charge in [0.25, 0.3) is 0 Å². The van der Waals surface area contributed by atoms with Crippen molar-refractivity contribution in [2.24, 2.45) is 0 Å². The molecule has 0 radical (unpaired) electrons. The Morgan fingerprint density at radius 2 is 1.82 bits per heavy atom. The maximum Gasteiger partial charge on any atom is 0.142 e. The van der Waals surface area contributed by atoms with Gasteiger partial charge in [0.15, 0.2) is 0 Å². The van der Waals surface area contributed by atoms with Crippen LogP contribution in [0.4, 0.5) is 11.6 Å². The van der Waals surface area contributed by atoms with Crippen LogP contribution in [-0.4, -0.2) is 41.1 Å². The van der Waals surface area contributed by atoms with Gasteiger partial charge in [-0.1, -0.05) is 18.2 Å². The van der Waals surface area contributed by atoms with Crippen molar-refractivity contribution in [1.29, 1.82) is 5.26 Å². The number of anilines is 2. The molecule has 0 saturated carbocycles. The molecule has 0 spiro atoms. The summed E-state index contributed by atoms with van der Waals surface area (Å²) in [4.78, 5) is 23.2. The smallest absolute Gasteiger partial charge is 0.142 e. The summed E-state index contributed by atoms with van der Waals surface area (Å²) in [6.45, 7) is 3.46. The summed E-state index contributed by atoms with van der Waals surface area (Å²) in [5.74, 6) is 3.65. The Morgan fingerprint density at radius 3 is 2.65 bits per heavy atom. The second-order valence-electron chi connectivity index (χ2n) is 8.59. The Hall–Kier alpha value is -3.15. The van der Waals surface area contributed by atoms with E-state index in [1.54, 1.807) is 24.0 Å². The van der Waals surface area contributed by atoms with Gasteiger partial charge in [0.1, 0.15) is 22.3 Å². The van der Waals surface area contributed by atoms with Crippen LogP contribution in [0.25, 0.3) is 10.2 Å². The Morgan fingerprint density at radius 1 is 1.00 bits per heavy atom. The van der Waals surface area contributed by atoms with Gasteiger partial charge in [0.2, 0.25) is 0 Å². The Labute approximate surface area is 207 Å². The van der Waals surface area contributed by atoms with Crippen molar-refractivity contribution in [3.05, 3.63) is 70.5 Å². The highest BCUT2D eigenvalue weighted by atomic mass is 32.2. The molecule has 6 nitrogen and oxygen atoms in total. The van der Waals surface area contributed by atoms with Crippen molar-refractivity contribution in [2.45, 2.75) is 29.9 Å². The number of nitrogens with zero attached hydrogens (tertiary/aromatic N) is 6. The first-order valence-electron chi connectivity index (χ1n) is 11.6. The van der Waals surface area contributed by atoms with E-state index < -0.39 is 0 Å². The van der Waals surface area contributed by atoms with E-state index in [1.807, 2.05) is 23.5 Å². The number of fused-ring (bicyclic) bond motifs is 3. The lowest BCUT2D eigenvalue weighted by atomic mass is 10.1. The fourth-order valence-corrected chi connectivity index (χ4v) is 6.83. The highest BCUT2D eigenvalue weighted by Gasteiger charge is 2.27. The number of hydrogen-bond donors (Lipinski definition) is 0. The lowest BCUT2D eigenvalue weighted by Gasteiger charge is -2.36. The van der Waals surface area contributed by atoms with Crippen LogP contribution in [0.3, 0.4) is 0 Å². The van der Waals surface area contributed by atoms with Crippen molar-refractivity contribution in [3.63, 3.8) is 0 Å². The molecule has 6 rings (SSSR count). The number of hydrogen-bond acceptors (Lipinski definition) is 8. The van der Waals surface area contributed by atoms with Gasteiger partial charge in [-0.25, -0.2) is 15.0 Å². The fourth-order valence-electron chi connectivity index (χ4n) is 4.79. The zero-order chi connectivity index (χ0) is 22.9. The third kappa shape index (κ3) is 4.10. The molecule has 34 heavy (non-hydrogen) atoms. The van der Waals surface area contributed by atoms with Crippen LogP contribution in [0, 0.1) is 11.3 Å². The molecule has 1 fully saturated rings. The second-order valence-corrected chi connectivity index (χ2v) is 10.7. The van der Waals surface area contributed by atoms with E-state index in [-0.39, 0.29) is 0 Å². The molecule has 4 aromatic rings. The Kier molecular flexibility index (Phi) is 5.81. The highest BCUT2D eigenvalue weighted by molar-refractivity contribution is 7.98. The minimum absolute atomic E-state index is 0.652. The van der Waals surface area contributed by atoms with Gasteiger partial charge in [-0.2, -0.15) is 5.26 Å². The molecule has 0 unspecified atom stereocenters. The lowest BCUT2D eigenvalue weighted by Crippen LogP contribution is -2.47. The molecule has 2 aliphatic rings. The van der Waals surface area contributed by atoms with Gasteiger partial charge in [-0.15, -0.1) is 23.1 Å². The number of aromatic nitrogens is 3. The minimum atomic E-state index is 0.652. The number of piperazine rings is 1. The van der Waals surface area contributed by atoms with Gasteiger partial charge in [0.05, 0.1) is 22.8 Å². The summed E-state index contributed by atoms with van der Waals surface area (Å²) >= 11 is 3.65. The monoisotopic (exact) mass is 484 g/mol. The summed E-state index contributed by atoms with van der Waals surface area (Å²) in [5, 5.41) is 10.5. The average molecular weight is 485 g/mol. The summed E-state index contributed by atoms with van der Waals surface area (Å²) in [7, 11) is 0. The lowest BCUT2D eigenvalue weighted by molar-refractivity contribution is 0.642. The molecule has 170 valence electrons. The largest absolute Gasteiger partial charge is 0.353 e. The van der Waals surface area contributed by atoms with Crippen LogP contribution < -0.4 is 9.80 Å². The number of benzene rings is 1. The average Bonchev–Trinajstić information content (AvgIpc) is 3.49. The number of aryl methyl sites for hydroxylation is 2. The summed E-state index contributed by atoms with van der Waals surface area (Å²) in [5.41, 5.74) is 2.13. The summed E-state index contributed by atoms with van der Waals surface area (Å²) < 4.78 is 0. The molecular formula is C26H24N6S2. The van der Waals surface area contributed by atoms with Crippen LogP contribution in [0.5, 0.6) is 0 Å². The first-order chi connectivity index (χ1) is 16.8. The number of thiophene rings is 1. The number of pyridine rings is 1. The molecule has 4 heterocycles. The summed E-state index contributed by atoms with van der Waals surface area (Å²) in [6, 6.07) is 16.3. The first kappa shape index (κ1) is 21.4. The molecule has 0 bridgehead atoms. The van der Waals surface area contributed by atoms with E-state index >= 15 is 0 Å². The molecule has 1 aromatic carbocycles. The molecule has 1 aliphatic carbocycles. The van der Waals surface area contributed by atoms with E-state index in [2.05, 4.69) is 45.1 Å². The first-order valence-corrected chi connectivity index (χ1v) is 13.4. The van der Waals surface area contributed by atoms with Gasteiger partial charge in [0, 0.05) is 42.1 Å². The topological polar surface area (TPSA) is 68.9 Å². The Bertz CT molecular complexity index is 1370. The molecule has 1 aliphatic heterocycles. The van der Waals surface area contributed by atoms with Crippen LogP contribution >= 0.6 is 23.1 Å². The summed E-state index contributed by atoms with van der Waals surface area (Å²) in [6.07, 6.45) is 5.25. The second kappa shape index (κ2) is 9.24. The zero-order valence-electron chi connectivity index (χ0n) is 18.8. The zero-order valence-corrected chi connectivity index (χ0v) is 20.4. The van der Waals surface area contributed by atoms with Crippen molar-refractivity contribution < 1.29 is 0 Å². The molecule has 8 heteroatoms. The normalized spacial score (nSPS) is 15.5. The van der Waals surface area contributed by atoms with Crippen LogP contribution in [0.1, 0.15) is 28.2 Å². The van der Waals surface area contributed by atoms with Crippen LogP contribution in [0.15, 0.2) is 53.6 Å². The van der Waals surface area contributed by atoms with E-state index in [9.17, 15) is 5.26 Å².